The molecule has 1 atom stereocenters. The molecule has 0 bridgehead atoms. The predicted octanol–water partition coefficient (Wildman–Crippen LogP) is 3.16. The second-order valence-electron chi connectivity index (χ2n) is 4.21. The van der Waals surface area contributed by atoms with Gasteiger partial charge in [-0.25, -0.2) is 0 Å². The van der Waals surface area contributed by atoms with Gasteiger partial charge in [-0.3, -0.25) is 0 Å². The van der Waals surface area contributed by atoms with Crippen LogP contribution in [-0.2, 0) is 0 Å². The Morgan fingerprint density at radius 2 is 2.33 bits per heavy atom. The van der Waals surface area contributed by atoms with Crippen molar-refractivity contribution in [2.24, 2.45) is 5.92 Å². The molecule has 0 spiro atoms. The van der Waals surface area contributed by atoms with E-state index in [2.05, 4.69) is 11.8 Å². The van der Waals surface area contributed by atoms with Gasteiger partial charge in [-0.2, -0.15) is 0 Å². The summed E-state index contributed by atoms with van der Waals surface area (Å²) in [5.74, 6) is 0.820. The lowest BCUT2D eigenvalue weighted by Crippen LogP contribution is -2.20. The standard InChI is InChI=1S/C12H17ClN2/c1-2-9-5-6-15(8-9)12-4-3-10(13)7-11(12)14/h3-4,7,9H,2,5-6,8,14H2,1H3. The van der Waals surface area contributed by atoms with Crippen molar-refractivity contribution >= 4 is 23.0 Å². The van der Waals surface area contributed by atoms with Crippen LogP contribution in [0.25, 0.3) is 0 Å². The van der Waals surface area contributed by atoms with Crippen LogP contribution in [0.2, 0.25) is 5.02 Å². The third-order valence-electron chi connectivity index (χ3n) is 3.19. The molecule has 1 aliphatic rings. The largest absolute Gasteiger partial charge is 0.397 e. The molecule has 1 unspecified atom stereocenters. The molecule has 1 saturated heterocycles. The number of nitrogens with zero attached hydrogens (tertiary/aromatic N) is 1. The van der Waals surface area contributed by atoms with Gasteiger partial charge in [-0.1, -0.05) is 24.9 Å². The Hall–Kier alpha value is -0.890. The lowest BCUT2D eigenvalue weighted by Gasteiger charge is -2.20. The normalized spacial score (nSPS) is 20.9. The molecule has 82 valence electrons. The molecule has 2 N–H and O–H groups in total. The van der Waals surface area contributed by atoms with E-state index in [1.54, 1.807) is 0 Å². The average molecular weight is 225 g/mol. The van der Waals surface area contributed by atoms with Gasteiger partial charge in [0.15, 0.2) is 0 Å². The fraction of sp³-hybridized carbons (Fsp3) is 0.500. The summed E-state index contributed by atoms with van der Waals surface area (Å²) in [5, 5.41) is 0.711. The first-order valence-electron chi connectivity index (χ1n) is 5.50. The first kappa shape index (κ1) is 10.6. The van der Waals surface area contributed by atoms with Crippen LogP contribution in [0, 0.1) is 5.92 Å². The number of anilines is 2. The number of rotatable bonds is 2. The van der Waals surface area contributed by atoms with Gasteiger partial charge in [0.2, 0.25) is 0 Å². The first-order chi connectivity index (χ1) is 7.20. The molecule has 3 heteroatoms. The molecular formula is C12H17ClN2. The van der Waals surface area contributed by atoms with Gasteiger partial charge in [0.25, 0.3) is 0 Å². The number of nitrogens with two attached hydrogens (primary N) is 1. The van der Waals surface area contributed by atoms with E-state index >= 15 is 0 Å². The van der Waals surface area contributed by atoms with Crippen molar-refractivity contribution in [1.82, 2.24) is 0 Å². The zero-order valence-corrected chi connectivity index (χ0v) is 9.80. The van der Waals surface area contributed by atoms with Crippen molar-refractivity contribution in [2.45, 2.75) is 19.8 Å². The number of nitrogen functional groups attached to an aromatic ring is 1. The van der Waals surface area contributed by atoms with Gasteiger partial charge in [0, 0.05) is 18.1 Å². The summed E-state index contributed by atoms with van der Waals surface area (Å²) < 4.78 is 0. The summed E-state index contributed by atoms with van der Waals surface area (Å²) in [4.78, 5) is 2.36. The van der Waals surface area contributed by atoms with Crippen molar-refractivity contribution in [3.05, 3.63) is 23.2 Å². The van der Waals surface area contributed by atoms with Crippen molar-refractivity contribution in [1.29, 1.82) is 0 Å². The van der Waals surface area contributed by atoms with E-state index in [1.807, 2.05) is 18.2 Å². The van der Waals surface area contributed by atoms with Crippen LogP contribution in [0.3, 0.4) is 0 Å². The fourth-order valence-electron chi connectivity index (χ4n) is 2.20. The molecule has 15 heavy (non-hydrogen) atoms. The Morgan fingerprint density at radius 3 is 2.93 bits per heavy atom. The molecule has 0 saturated carbocycles. The van der Waals surface area contributed by atoms with Crippen molar-refractivity contribution < 1.29 is 0 Å². The summed E-state index contributed by atoms with van der Waals surface area (Å²) in [7, 11) is 0. The van der Waals surface area contributed by atoms with Crippen LogP contribution in [0.15, 0.2) is 18.2 Å². The summed E-state index contributed by atoms with van der Waals surface area (Å²) in [6.07, 6.45) is 2.53. The van der Waals surface area contributed by atoms with Gasteiger partial charge in [-0.05, 0) is 30.5 Å². The molecule has 1 heterocycles. The van der Waals surface area contributed by atoms with Crippen molar-refractivity contribution in [2.75, 3.05) is 23.7 Å². The van der Waals surface area contributed by atoms with E-state index in [9.17, 15) is 0 Å². The summed E-state index contributed by atoms with van der Waals surface area (Å²) in [5.41, 5.74) is 7.89. The van der Waals surface area contributed by atoms with Gasteiger partial charge in [-0.15, -0.1) is 0 Å². The Morgan fingerprint density at radius 1 is 1.53 bits per heavy atom. The van der Waals surface area contributed by atoms with Gasteiger partial charge in [0.05, 0.1) is 11.4 Å². The van der Waals surface area contributed by atoms with Crippen molar-refractivity contribution in [3.8, 4) is 0 Å². The second-order valence-corrected chi connectivity index (χ2v) is 4.65. The van der Waals surface area contributed by atoms with Crippen LogP contribution in [0.4, 0.5) is 11.4 Å². The Labute approximate surface area is 96.0 Å². The third kappa shape index (κ3) is 2.20. The van der Waals surface area contributed by atoms with Gasteiger partial charge in [0.1, 0.15) is 0 Å². The minimum absolute atomic E-state index is 0.711. The Balaban J connectivity index is 2.17. The lowest BCUT2D eigenvalue weighted by atomic mass is 10.1. The molecule has 1 aromatic carbocycles. The zero-order valence-electron chi connectivity index (χ0n) is 9.04. The Bertz CT molecular complexity index is 351. The summed E-state index contributed by atoms with van der Waals surface area (Å²) in [6, 6.07) is 5.76. The van der Waals surface area contributed by atoms with Crippen LogP contribution >= 0.6 is 11.6 Å². The van der Waals surface area contributed by atoms with E-state index in [4.69, 9.17) is 17.3 Å². The van der Waals surface area contributed by atoms with Crippen molar-refractivity contribution in [3.63, 3.8) is 0 Å². The number of hydrogen-bond acceptors (Lipinski definition) is 2. The highest BCUT2D eigenvalue weighted by molar-refractivity contribution is 6.31. The monoisotopic (exact) mass is 224 g/mol. The van der Waals surface area contributed by atoms with E-state index in [0.717, 1.165) is 30.4 Å². The Kier molecular flexibility index (Phi) is 3.06. The van der Waals surface area contributed by atoms with Crippen LogP contribution < -0.4 is 10.6 Å². The zero-order chi connectivity index (χ0) is 10.8. The minimum Gasteiger partial charge on any atom is -0.397 e. The van der Waals surface area contributed by atoms with Crippen LogP contribution in [-0.4, -0.2) is 13.1 Å². The number of halogens is 1. The predicted molar refractivity (Wildman–Crippen MR) is 66.5 cm³/mol. The molecule has 0 aliphatic carbocycles. The molecule has 0 aromatic heterocycles. The summed E-state index contributed by atoms with van der Waals surface area (Å²) in [6.45, 7) is 4.49. The van der Waals surface area contributed by atoms with E-state index in [0.29, 0.717) is 5.02 Å². The first-order valence-corrected chi connectivity index (χ1v) is 5.88. The quantitative estimate of drug-likeness (QED) is 0.782. The van der Waals surface area contributed by atoms with E-state index in [1.165, 1.54) is 12.8 Å². The molecular weight excluding hydrogens is 208 g/mol. The second kappa shape index (κ2) is 4.31. The number of benzene rings is 1. The maximum Gasteiger partial charge on any atom is 0.0601 e. The van der Waals surface area contributed by atoms with E-state index < -0.39 is 0 Å². The van der Waals surface area contributed by atoms with Crippen LogP contribution in [0.1, 0.15) is 19.8 Å². The molecule has 1 aromatic rings. The lowest BCUT2D eigenvalue weighted by molar-refractivity contribution is 0.569. The molecule has 1 fully saturated rings. The molecule has 0 radical (unpaired) electrons. The van der Waals surface area contributed by atoms with Crippen LogP contribution in [0.5, 0.6) is 0 Å². The van der Waals surface area contributed by atoms with Gasteiger partial charge >= 0.3 is 0 Å². The topological polar surface area (TPSA) is 29.3 Å². The third-order valence-corrected chi connectivity index (χ3v) is 3.43. The molecule has 1 aliphatic heterocycles. The fourth-order valence-corrected chi connectivity index (χ4v) is 2.38. The maximum absolute atomic E-state index is 5.96. The molecule has 0 amide bonds. The molecule has 2 rings (SSSR count). The summed E-state index contributed by atoms with van der Waals surface area (Å²) >= 11 is 5.88. The number of hydrogen-bond donors (Lipinski definition) is 1. The highest BCUT2D eigenvalue weighted by atomic mass is 35.5. The SMILES string of the molecule is CCC1CCN(c2ccc(Cl)cc2N)C1. The maximum atomic E-state index is 5.96. The minimum atomic E-state index is 0.711. The molecule has 2 nitrogen and oxygen atoms in total. The average Bonchev–Trinajstić information content (AvgIpc) is 2.66. The highest BCUT2D eigenvalue weighted by Crippen LogP contribution is 2.31. The smallest absolute Gasteiger partial charge is 0.0601 e. The highest BCUT2D eigenvalue weighted by Gasteiger charge is 2.22. The van der Waals surface area contributed by atoms with E-state index in [-0.39, 0.29) is 0 Å². The van der Waals surface area contributed by atoms with Gasteiger partial charge < -0.3 is 10.6 Å².